The van der Waals surface area contributed by atoms with E-state index in [1.807, 2.05) is 0 Å². The van der Waals surface area contributed by atoms with Crippen molar-refractivity contribution in [2.75, 3.05) is 19.8 Å². The van der Waals surface area contributed by atoms with Crippen molar-refractivity contribution in [3.05, 3.63) is 12.2 Å². The van der Waals surface area contributed by atoms with Crippen molar-refractivity contribution in [2.24, 2.45) is 17.8 Å². The Hall–Kier alpha value is -1.59. The molecule has 0 amide bonds. The summed E-state index contributed by atoms with van der Waals surface area (Å²) in [7, 11) is 0. The molecule has 9 unspecified atom stereocenters. The molecule has 3 saturated carbocycles. The van der Waals surface area contributed by atoms with E-state index in [4.69, 9.17) is 37.9 Å². The molecule has 4 aliphatic heterocycles. The summed E-state index contributed by atoms with van der Waals surface area (Å²) >= 11 is 0. The summed E-state index contributed by atoms with van der Waals surface area (Å²) in [6.45, 7) is -1.68. The van der Waals surface area contributed by atoms with Crippen molar-refractivity contribution in [2.45, 2.75) is 199 Å². The molecule has 0 spiro atoms. The monoisotopic (exact) mass is 910 g/mol. The average molecular weight is 911 g/mol. The number of hydrogen-bond acceptors (Lipinski definition) is 22. The van der Waals surface area contributed by atoms with Crippen LogP contribution in [0.2, 0.25) is 0 Å². The van der Waals surface area contributed by atoms with Crippen LogP contribution < -0.4 is 0 Å². The number of esters is 1. The number of allylic oxidation sites excluding steroid dienone is 1. The molecule has 362 valence electrons. The molecule has 63 heavy (non-hydrogen) atoms. The van der Waals surface area contributed by atoms with Crippen LogP contribution in [0.4, 0.5) is 0 Å². The number of hydrogen-bond donors (Lipinski definition) is 13. The third-order valence-corrected chi connectivity index (χ3v) is 13.9. The van der Waals surface area contributed by atoms with Gasteiger partial charge in [-0.3, -0.25) is 0 Å². The molecule has 22 heteroatoms. The van der Waals surface area contributed by atoms with Crippen LogP contribution in [-0.2, 0) is 42.7 Å². The highest BCUT2D eigenvalue weighted by Crippen LogP contribution is 2.44. The molecule has 3 aliphatic carbocycles. The lowest BCUT2D eigenvalue weighted by molar-refractivity contribution is -0.376. The summed E-state index contributed by atoms with van der Waals surface area (Å²) in [6, 6.07) is 0. The van der Waals surface area contributed by atoms with Crippen molar-refractivity contribution in [3.63, 3.8) is 0 Å². The summed E-state index contributed by atoms with van der Waals surface area (Å²) < 4.78 is 47.4. The van der Waals surface area contributed by atoms with Crippen LogP contribution in [0.3, 0.4) is 0 Å². The minimum absolute atomic E-state index is 0.0747. The van der Waals surface area contributed by atoms with Gasteiger partial charge in [-0.2, -0.15) is 0 Å². The Morgan fingerprint density at radius 3 is 1.97 bits per heavy atom. The first kappa shape index (κ1) is 49.3. The molecule has 0 bridgehead atoms. The molecule has 0 aromatic rings. The van der Waals surface area contributed by atoms with Gasteiger partial charge in [0.05, 0.1) is 62.0 Å². The quantitative estimate of drug-likeness (QED) is 0.0644. The third-order valence-electron chi connectivity index (χ3n) is 13.9. The Kier molecular flexibility index (Phi) is 16.9. The smallest absolute Gasteiger partial charge is 0.330 e. The van der Waals surface area contributed by atoms with Crippen LogP contribution in [0, 0.1) is 17.8 Å². The van der Waals surface area contributed by atoms with E-state index in [9.17, 15) is 71.2 Å². The summed E-state index contributed by atoms with van der Waals surface area (Å²) in [5.74, 6) is -1.61. The average Bonchev–Trinajstić information content (AvgIpc) is 3.25. The van der Waals surface area contributed by atoms with Crippen molar-refractivity contribution >= 4 is 5.97 Å². The SMILES string of the molecule is O=C(C=CC1CCC(O)CC1)OC[C@H]1O[C@@H](OC[C@H]2O[C@@H](OC3CC4C(O)CC(O)CC4OC3C3CCC(O)C(O)C3)[C@H](O[C@@H]3OC[C@@H](O)[C@H](O)[C@H]3O)[C@@H](O)[C@H]2O)[C@H](O)[C@@H](O)[C@@H]1O. The Morgan fingerprint density at radius 1 is 0.556 bits per heavy atom. The van der Waals surface area contributed by atoms with E-state index in [0.29, 0.717) is 32.1 Å². The fourth-order valence-corrected chi connectivity index (χ4v) is 10.0. The van der Waals surface area contributed by atoms with Gasteiger partial charge in [0.1, 0.15) is 73.8 Å². The fraction of sp³-hybridized carbons (Fsp3) is 0.927. The molecular weight excluding hydrogens is 844 g/mol. The molecule has 0 radical (unpaired) electrons. The second kappa shape index (κ2) is 21.6. The lowest BCUT2D eigenvalue weighted by Gasteiger charge is -2.51. The number of aliphatic hydroxyl groups excluding tert-OH is 13. The Morgan fingerprint density at radius 2 is 1.24 bits per heavy atom. The van der Waals surface area contributed by atoms with Gasteiger partial charge in [0.15, 0.2) is 18.9 Å². The van der Waals surface area contributed by atoms with Crippen molar-refractivity contribution in [1.82, 2.24) is 0 Å². The molecule has 0 aromatic heterocycles. The molecule has 23 atom stereocenters. The van der Waals surface area contributed by atoms with Crippen LogP contribution in [0.15, 0.2) is 12.2 Å². The number of ether oxygens (including phenoxy) is 8. The normalized spacial score (nSPS) is 51.1. The summed E-state index contributed by atoms with van der Waals surface area (Å²) in [5.41, 5.74) is 0. The van der Waals surface area contributed by atoms with E-state index >= 15 is 0 Å². The second-order valence-corrected chi connectivity index (χ2v) is 18.4. The van der Waals surface area contributed by atoms with E-state index in [-0.39, 0.29) is 44.1 Å². The number of carbonyl (C=O) groups is 1. The molecule has 13 N–H and O–H groups in total. The van der Waals surface area contributed by atoms with E-state index in [1.165, 1.54) is 6.08 Å². The van der Waals surface area contributed by atoms with Gasteiger partial charge in [0.25, 0.3) is 0 Å². The van der Waals surface area contributed by atoms with E-state index < -0.39 is 166 Å². The maximum Gasteiger partial charge on any atom is 0.330 e. The summed E-state index contributed by atoms with van der Waals surface area (Å²) in [6.07, 6.45) is -23.7. The standard InChI is InChI=1S/C41H66O22/c42-18-5-1-16(2-6-18)3-8-29(48)56-14-27-31(50)33(52)36(55)39(61-27)58-15-28-32(51)34(53)38(63-40-35(54)30(49)24(47)13-57-40)41(62-28)60-26-12-20-22(45)10-19(43)11-25(20)59-37(26)17-4-7-21(44)23(46)9-17/h3,8,16-28,30-47,49-55H,1-2,4-7,9-15H2/t16?,17?,18?,19?,20?,21?,22?,23?,24-,25?,26?,27-,28-,30+,31-,32+,33+,34+,35-,36-,37?,38-,39-,40+,41-/m1/s1. The molecular formula is C41H66O22. The van der Waals surface area contributed by atoms with Crippen molar-refractivity contribution < 1.29 is 109 Å². The van der Waals surface area contributed by atoms with Crippen LogP contribution >= 0.6 is 0 Å². The van der Waals surface area contributed by atoms with Gasteiger partial charge >= 0.3 is 5.97 Å². The van der Waals surface area contributed by atoms with Gasteiger partial charge in [0.2, 0.25) is 0 Å². The minimum Gasteiger partial charge on any atom is -0.460 e. The Balaban J connectivity index is 1.06. The second-order valence-electron chi connectivity index (χ2n) is 18.4. The predicted octanol–water partition coefficient (Wildman–Crippen LogP) is -5.07. The first-order valence-corrected chi connectivity index (χ1v) is 22.2. The first-order chi connectivity index (χ1) is 30.0. The summed E-state index contributed by atoms with van der Waals surface area (Å²) in [4.78, 5) is 12.5. The maximum atomic E-state index is 12.5. The first-order valence-electron chi connectivity index (χ1n) is 22.2. The number of aliphatic hydroxyl groups is 13. The van der Waals surface area contributed by atoms with E-state index in [2.05, 4.69) is 0 Å². The zero-order valence-electron chi connectivity index (χ0n) is 34.8. The van der Waals surface area contributed by atoms with E-state index in [0.717, 1.165) is 0 Å². The van der Waals surface area contributed by atoms with Crippen LogP contribution in [0.1, 0.15) is 64.2 Å². The molecule has 7 aliphatic rings. The Bertz CT molecular complexity index is 1490. The molecule has 22 nitrogen and oxygen atoms in total. The largest absolute Gasteiger partial charge is 0.460 e. The van der Waals surface area contributed by atoms with Crippen LogP contribution in [0.25, 0.3) is 0 Å². The highest BCUT2D eigenvalue weighted by Gasteiger charge is 2.55. The summed E-state index contributed by atoms with van der Waals surface area (Å²) in [5, 5.41) is 139. The molecule has 4 saturated heterocycles. The molecule has 4 heterocycles. The van der Waals surface area contributed by atoms with Gasteiger partial charge in [0, 0.05) is 12.0 Å². The molecule has 7 fully saturated rings. The van der Waals surface area contributed by atoms with Gasteiger partial charge in [-0.25, -0.2) is 4.79 Å². The van der Waals surface area contributed by atoms with Gasteiger partial charge in [-0.05, 0) is 76.0 Å². The number of carbonyl (C=O) groups excluding carboxylic acids is 1. The van der Waals surface area contributed by atoms with Crippen molar-refractivity contribution in [3.8, 4) is 0 Å². The minimum atomic E-state index is -1.90. The Labute approximate surface area is 363 Å². The zero-order chi connectivity index (χ0) is 45.3. The predicted molar refractivity (Wildman–Crippen MR) is 206 cm³/mol. The number of rotatable bonds is 12. The molecule has 0 aromatic carbocycles. The highest BCUT2D eigenvalue weighted by atomic mass is 16.8. The third kappa shape index (κ3) is 11.6. The fourth-order valence-electron chi connectivity index (χ4n) is 10.0. The van der Waals surface area contributed by atoms with Gasteiger partial charge in [-0.1, -0.05) is 6.08 Å². The van der Waals surface area contributed by atoms with Crippen LogP contribution in [0.5, 0.6) is 0 Å². The lowest BCUT2D eigenvalue weighted by atomic mass is 9.72. The highest BCUT2D eigenvalue weighted by molar-refractivity contribution is 5.81. The van der Waals surface area contributed by atoms with E-state index in [1.54, 1.807) is 6.08 Å². The molecule has 7 rings (SSSR count). The maximum absolute atomic E-state index is 12.5. The van der Waals surface area contributed by atoms with Gasteiger partial charge < -0.3 is 104 Å². The topological polar surface area (TPSA) is 354 Å². The van der Waals surface area contributed by atoms with Crippen LogP contribution in [-0.4, -0.2) is 227 Å². The van der Waals surface area contributed by atoms with Crippen molar-refractivity contribution in [1.29, 1.82) is 0 Å². The lowest BCUT2D eigenvalue weighted by Crippen LogP contribution is -2.65. The number of fused-ring (bicyclic) bond motifs is 1. The van der Waals surface area contributed by atoms with Gasteiger partial charge in [-0.15, -0.1) is 0 Å². The zero-order valence-corrected chi connectivity index (χ0v) is 34.8.